The van der Waals surface area contributed by atoms with Crippen LogP contribution in [0.1, 0.15) is 24.2 Å². The number of ether oxygens (including phenoxy) is 2. The van der Waals surface area contributed by atoms with Crippen molar-refractivity contribution < 1.29 is 23.8 Å². The Labute approximate surface area is 111 Å². The molecule has 0 saturated heterocycles. The largest absolute Gasteiger partial charge is 0.507 e. The van der Waals surface area contributed by atoms with E-state index >= 15 is 0 Å². The molecular weight excluding hydrogens is 253 g/mol. The van der Waals surface area contributed by atoms with E-state index in [0.717, 1.165) is 12.1 Å². The highest BCUT2D eigenvalue weighted by molar-refractivity contribution is 5.96. The zero-order valence-electron chi connectivity index (χ0n) is 11.0. The molecule has 0 radical (unpaired) electrons. The smallest absolute Gasteiger partial charge is 0.255 e. The van der Waals surface area contributed by atoms with Crippen molar-refractivity contribution in [3.63, 3.8) is 0 Å². The standard InChI is InChI=1S/C13H18FNO4/c1-3-18-12(19-4-2)8-15-13(17)10-6-5-9(14)7-11(10)16/h5-7,12,16H,3-4,8H2,1-2H3,(H,15,17). The number of carbonyl (C=O) groups excluding carboxylic acids is 1. The second-order valence-electron chi connectivity index (χ2n) is 3.71. The Balaban J connectivity index is 2.58. The Kier molecular flexibility index (Phi) is 6.24. The molecule has 0 saturated carbocycles. The lowest BCUT2D eigenvalue weighted by molar-refractivity contribution is -0.131. The highest BCUT2D eigenvalue weighted by atomic mass is 19.1. The molecule has 1 amide bonds. The molecule has 6 heteroatoms. The van der Waals surface area contributed by atoms with Gasteiger partial charge in [0.15, 0.2) is 6.29 Å². The number of amides is 1. The fraction of sp³-hybridized carbons (Fsp3) is 0.462. The minimum absolute atomic E-state index is 0.00754. The molecule has 1 aromatic carbocycles. The van der Waals surface area contributed by atoms with E-state index in [9.17, 15) is 14.3 Å². The van der Waals surface area contributed by atoms with Crippen LogP contribution < -0.4 is 5.32 Å². The van der Waals surface area contributed by atoms with E-state index in [-0.39, 0.29) is 12.1 Å². The summed E-state index contributed by atoms with van der Waals surface area (Å²) >= 11 is 0. The van der Waals surface area contributed by atoms with E-state index in [1.807, 2.05) is 13.8 Å². The lowest BCUT2D eigenvalue weighted by atomic mass is 10.2. The summed E-state index contributed by atoms with van der Waals surface area (Å²) in [6, 6.07) is 3.21. The van der Waals surface area contributed by atoms with Crippen molar-refractivity contribution in [3.8, 4) is 5.75 Å². The summed E-state index contributed by atoms with van der Waals surface area (Å²) in [5, 5.41) is 12.0. The van der Waals surface area contributed by atoms with Gasteiger partial charge in [0.05, 0.1) is 12.1 Å². The van der Waals surface area contributed by atoms with Crippen LogP contribution >= 0.6 is 0 Å². The molecule has 5 nitrogen and oxygen atoms in total. The third kappa shape index (κ3) is 4.84. The van der Waals surface area contributed by atoms with Gasteiger partial charge in [-0.15, -0.1) is 0 Å². The number of aromatic hydroxyl groups is 1. The van der Waals surface area contributed by atoms with Crippen molar-refractivity contribution in [3.05, 3.63) is 29.6 Å². The Morgan fingerprint density at radius 2 is 2.00 bits per heavy atom. The Morgan fingerprint density at radius 3 is 2.53 bits per heavy atom. The number of phenolic OH excluding ortho intramolecular Hbond substituents is 1. The average molecular weight is 271 g/mol. The van der Waals surface area contributed by atoms with Crippen LogP contribution in [-0.2, 0) is 9.47 Å². The third-order valence-corrected chi connectivity index (χ3v) is 2.34. The van der Waals surface area contributed by atoms with Crippen molar-refractivity contribution in [1.29, 1.82) is 0 Å². The molecule has 1 aromatic rings. The molecule has 0 fully saturated rings. The van der Waals surface area contributed by atoms with Crippen LogP contribution in [0, 0.1) is 5.82 Å². The zero-order chi connectivity index (χ0) is 14.3. The second kappa shape index (κ2) is 7.70. The van der Waals surface area contributed by atoms with E-state index in [1.54, 1.807) is 0 Å². The molecule has 2 N–H and O–H groups in total. The summed E-state index contributed by atoms with van der Waals surface area (Å²) in [6.07, 6.45) is -0.540. The van der Waals surface area contributed by atoms with Crippen molar-refractivity contribution in [2.45, 2.75) is 20.1 Å². The number of benzene rings is 1. The summed E-state index contributed by atoms with van der Waals surface area (Å²) in [5.74, 6) is -1.51. The zero-order valence-corrected chi connectivity index (χ0v) is 11.0. The topological polar surface area (TPSA) is 67.8 Å². The number of carbonyl (C=O) groups is 1. The fourth-order valence-corrected chi connectivity index (χ4v) is 1.51. The van der Waals surface area contributed by atoms with Gasteiger partial charge in [-0.25, -0.2) is 4.39 Å². The van der Waals surface area contributed by atoms with Gasteiger partial charge in [0.2, 0.25) is 0 Å². The maximum atomic E-state index is 12.8. The van der Waals surface area contributed by atoms with Crippen LogP contribution in [0.3, 0.4) is 0 Å². The summed E-state index contributed by atoms with van der Waals surface area (Å²) in [7, 11) is 0. The molecule has 0 heterocycles. The van der Waals surface area contributed by atoms with Crippen molar-refractivity contribution in [2.75, 3.05) is 19.8 Å². The highest BCUT2D eigenvalue weighted by Gasteiger charge is 2.14. The average Bonchev–Trinajstić information content (AvgIpc) is 2.36. The van der Waals surface area contributed by atoms with Crippen LogP contribution in [-0.4, -0.2) is 37.1 Å². The summed E-state index contributed by atoms with van der Waals surface area (Å²) in [4.78, 5) is 11.8. The molecule has 0 atom stereocenters. The maximum absolute atomic E-state index is 12.8. The lowest BCUT2D eigenvalue weighted by Gasteiger charge is -2.17. The van der Waals surface area contributed by atoms with Crippen LogP contribution in [0.25, 0.3) is 0 Å². The first kappa shape index (κ1) is 15.4. The Bertz CT molecular complexity index is 419. The number of hydrogen-bond acceptors (Lipinski definition) is 4. The van der Waals surface area contributed by atoms with Crippen LogP contribution in [0.5, 0.6) is 5.75 Å². The van der Waals surface area contributed by atoms with E-state index in [4.69, 9.17) is 9.47 Å². The minimum Gasteiger partial charge on any atom is -0.507 e. The second-order valence-corrected chi connectivity index (χ2v) is 3.71. The quantitative estimate of drug-likeness (QED) is 0.740. The van der Waals surface area contributed by atoms with Gasteiger partial charge in [-0.3, -0.25) is 4.79 Å². The molecule has 19 heavy (non-hydrogen) atoms. The monoisotopic (exact) mass is 271 g/mol. The fourth-order valence-electron chi connectivity index (χ4n) is 1.51. The van der Waals surface area contributed by atoms with Crippen molar-refractivity contribution in [1.82, 2.24) is 5.32 Å². The first-order valence-corrected chi connectivity index (χ1v) is 6.08. The molecule has 0 aromatic heterocycles. The van der Waals surface area contributed by atoms with Gasteiger partial charge < -0.3 is 19.9 Å². The Morgan fingerprint density at radius 1 is 1.37 bits per heavy atom. The number of halogens is 1. The first-order valence-electron chi connectivity index (χ1n) is 6.08. The van der Waals surface area contributed by atoms with Gasteiger partial charge in [-0.05, 0) is 26.0 Å². The van der Waals surface area contributed by atoms with Gasteiger partial charge in [0.1, 0.15) is 11.6 Å². The van der Waals surface area contributed by atoms with Gasteiger partial charge in [0.25, 0.3) is 5.91 Å². The molecule has 0 aliphatic carbocycles. The molecule has 0 bridgehead atoms. The summed E-state index contributed by atoms with van der Waals surface area (Å²) in [5.41, 5.74) is 0.00754. The third-order valence-electron chi connectivity index (χ3n) is 2.34. The summed E-state index contributed by atoms with van der Waals surface area (Å²) in [6.45, 7) is 4.71. The van der Waals surface area contributed by atoms with Gasteiger partial charge in [-0.2, -0.15) is 0 Å². The van der Waals surface area contributed by atoms with Crippen LogP contribution in [0.15, 0.2) is 18.2 Å². The number of nitrogens with one attached hydrogen (secondary N) is 1. The number of rotatable bonds is 7. The number of phenols is 1. The van der Waals surface area contributed by atoms with Gasteiger partial charge in [0, 0.05) is 19.3 Å². The van der Waals surface area contributed by atoms with E-state index in [2.05, 4.69) is 5.32 Å². The molecule has 1 rings (SSSR count). The molecule has 106 valence electrons. The maximum Gasteiger partial charge on any atom is 0.255 e. The van der Waals surface area contributed by atoms with Crippen molar-refractivity contribution >= 4 is 5.91 Å². The van der Waals surface area contributed by atoms with Crippen LogP contribution in [0.2, 0.25) is 0 Å². The molecule has 0 spiro atoms. The summed E-state index contributed by atoms with van der Waals surface area (Å²) < 4.78 is 23.3. The number of hydrogen-bond donors (Lipinski definition) is 2. The predicted octanol–water partition coefficient (Wildman–Crippen LogP) is 1.66. The lowest BCUT2D eigenvalue weighted by Crippen LogP contribution is -2.35. The van der Waals surface area contributed by atoms with E-state index in [1.165, 1.54) is 6.07 Å². The minimum atomic E-state index is -0.601. The first-order chi connectivity index (χ1) is 9.08. The van der Waals surface area contributed by atoms with Gasteiger partial charge in [-0.1, -0.05) is 0 Å². The predicted molar refractivity (Wildman–Crippen MR) is 67.4 cm³/mol. The Hall–Kier alpha value is -1.66. The van der Waals surface area contributed by atoms with Crippen LogP contribution in [0.4, 0.5) is 4.39 Å². The molecule has 0 aliphatic heterocycles. The molecule has 0 aliphatic rings. The van der Waals surface area contributed by atoms with E-state index < -0.39 is 23.8 Å². The molecular formula is C13H18FNO4. The molecule has 0 unspecified atom stereocenters. The van der Waals surface area contributed by atoms with Gasteiger partial charge >= 0.3 is 0 Å². The SMILES string of the molecule is CCOC(CNC(=O)c1ccc(F)cc1O)OCC. The van der Waals surface area contributed by atoms with E-state index in [0.29, 0.717) is 13.2 Å². The normalized spacial score (nSPS) is 10.7. The van der Waals surface area contributed by atoms with Crippen molar-refractivity contribution in [2.24, 2.45) is 0 Å². The highest BCUT2D eigenvalue weighted by Crippen LogP contribution is 2.17.